The lowest BCUT2D eigenvalue weighted by Crippen LogP contribution is -2.56. The number of sulfonamides is 1. The highest BCUT2D eigenvalue weighted by Crippen LogP contribution is 2.28. The van der Waals surface area contributed by atoms with Crippen molar-refractivity contribution in [3.63, 3.8) is 0 Å². The normalized spacial score (nSPS) is 17.6. The zero-order valence-corrected chi connectivity index (χ0v) is 26.2. The second kappa shape index (κ2) is 18.7. The molecule has 0 radical (unpaired) electrons. The highest BCUT2D eigenvalue weighted by Gasteiger charge is 2.34. The molecule has 0 aliphatic heterocycles. The van der Waals surface area contributed by atoms with E-state index in [1.54, 1.807) is 19.2 Å². The molecule has 0 heterocycles. The number of amides is 2. The minimum absolute atomic E-state index is 0.0822. The fourth-order valence-corrected chi connectivity index (χ4v) is 6.79. The second-order valence-electron chi connectivity index (χ2n) is 11.4. The number of rotatable bonds is 18. The summed E-state index contributed by atoms with van der Waals surface area (Å²) in [5, 5.41) is 29.7. The Morgan fingerprint density at radius 2 is 1.67 bits per heavy atom. The monoisotopic (exact) mass is 616 g/mol. The van der Waals surface area contributed by atoms with Crippen LogP contribution in [0.1, 0.15) is 56.9 Å². The van der Waals surface area contributed by atoms with Crippen molar-refractivity contribution in [2.45, 2.75) is 82.1 Å². The molecule has 5 atom stereocenters. The van der Waals surface area contributed by atoms with Gasteiger partial charge in [-0.05, 0) is 31.4 Å². The third kappa shape index (κ3) is 12.3. The molecule has 0 spiro atoms. The van der Waals surface area contributed by atoms with Crippen LogP contribution < -0.4 is 16.0 Å². The van der Waals surface area contributed by atoms with Crippen molar-refractivity contribution in [1.29, 1.82) is 0 Å². The molecule has 10 nitrogen and oxygen atoms in total. The second-order valence-corrected chi connectivity index (χ2v) is 13.5. The number of hydrogen-bond donors (Lipinski definition) is 5. The molecule has 2 amide bonds. The van der Waals surface area contributed by atoms with Gasteiger partial charge in [-0.15, -0.1) is 24.7 Å². The average molecular weight is 617 g/mol. The molecule has 2 rings (SSSR count). The molecule has 1 aliphatic carbocycles. The molecule has 0 saturated heterocycles. The summed E-state index contributed by atoms with van der Waals surface area (Å²) in [7, 11) is -0.629. The van der Waals surface area contributed by atoms with Crippen molar-refractivity contribution < 1.29 is 28.2 Å². The molecule has 11 heteroatoms. The van der Waals surface area contributed by atoms with Crippen LogP contribution in [-0.2, 0) is 26.0 Å². The van der Waals surface area contributed by atoms with Gasteiger partial charge < -0.3 is 26.2 Å². The largest absolute Gasteiger partial charge is 0.389 e. The van der Waals surface area contributed by atoms with Crippen LogP contribution in [0, 0.1) is 36.5 Å². The first-order chi connectivity index (χ1) is 20.5. The van der Waals surface area contributed by atoms with Crippen LogP contribution >= 0.6 is 0 Å². The van der Waals surface area contributed by atoms with Gasteiger partial charge in [0.15, 0.2) is 0 Å². The van der Waals surface area contributed by atoms with E-state index in [1.807, 2.05) is 18.2 Å². The molecule has 43 heavy (non-hydrogen) atoms. The number of hydrogen-bond acceptors (Lipinski definition) is 7. The maximum Gasteiger partial charge on any atom is 0.243 e. The Kier molecular flexibility index (Phi) is 15.7. The van der Waals surface area contributed by atoms with Gasteiger partial charge in [0, 0.05) is 33.0 Å². The van der Waals surface area contributed by atoms with Crippen LogP contribution in [0.4, 0.5) is 0 Å². The Morgan fingerprint density at radius 3 is 2.28 bits per heavy atom. The number of aliphatic hydroxyl groups is 2. The maximum absolute atomic E-state index is 13.6. The van der Waals surface area contributed by atoms with E-state index in [1.165, 1.54) is 11.4 Å². The van der Waals surface area contributed by atoms with Crippen molar-refractivity contribution in [2.24, 2.45) is 11.8 Å². The van der Waals surface area contributed by atoms with E-state index in [9.17, 15) is 28.2 Å². The van der Waals surface area contributed by atoms with E-state index in [4.69, 9.17) is 12.8 Å². The molecular formula is C32H48N4O6S. The quantitative estimate of drug-likeness (QED) is 0.155. The lowest BCUT2D eigenvalue weighted by atomic mass is 9.82. The highest BCUT2D eigenvalue weighted by atomic mass is 32.2. The van der Waals surface area contributed by atoms with E-state index in [2.05, 4.69) is 27.8 Å². The molecule has 1 aromatic carbocycles. The van der Waals surface area contributed by atoms with Crippen LogP contribution in [0.5, 0.6) is 0 Å². The molecule has 1 fully saturated rings. The van der Waals surface area contributed by atoms with Gasteiger partial charge in [-0.3, -0.25) is 9.59 Å². The van der Waals surface area contributed by atoms with E-state index in [0.717, 1.165) is 37.7 Å². The number of carbonyl (C=O) groups is 2. The van der Waals surface area contributed by atoms with Crippen LogP contribution in [0.2, 0.25) is 0 Å². The molecule has 1 aromatic rings. The smallest absolute Gasteiger partial charge is 0.243 e. The molecule has 238 valence electrons. The van der Waals surface area contributed by atoms with Crippen LogP contribution in [0.3, 0.4) is 0 Å². The number of terminal acetylenes is 2. The van der Waals surface area contributed by atoms with Gasteiger partial charge in [-0.2, -0.15) is 0 Å². The van der Waals surface area contributed by atoms with Crippen molar-refractivity contribution in [3.8, 4) is 24.7 Å². The first-order valence-electron chi connectivity index (χ1n) is 15.0. The fraction of sp³-hybridized carbons (Fsp3) is 0.625. The van der Waals surface area contributed by atoms with Crippen LogP contribution in [-0.4, -0.2) is 92.0 Å². The predicted molar refractivity (Wildman–Crippen MR) is 168 cm³/mol. The van der Waals surface area contributed by atoms with Crippen molar-refractivity contribution >= 4 is 21.8 Å². The summed E-state index contributed by atoms with van der Waals surface area (Å²) < 4.78 is 27.5. The van der Waals surface area contributed by atoms with E-state index in [0.29, 0.717) is 13.0 Å². The summed E-state index contributed by atoms with van der Waals surface area (Å²) in [6, 6.07) is 7.07. The SMILES string of the molecule is C#CC[C@H](NC(=O)[C@H](Cc1ccccc1)CS(=O)(=O)N(C)CCNC)C(=O)N[C@@H](CC1CCCCC1)[C@@H](O)[C@@H](O)CC#C. The highest BCUT2D eigenvalue weighted by molar-refractivity contribution is 7.89. The van der Waals surface area contributed by atoms with Gasteiger partial charge in [-0.1, -0.05) is 62.4 Å². The number of nitrogens with one attached hydrogen (secondary N) is 3. The first-order valence-corrected chi connectivity index (χ1v) is 16.6. The standard InChI is InChI=1S/C32H48N4O6S/c1-5-13-27(32(40)35-28(30(38)29(37)14-6-2)22-25-17-11-8-12-18-25)34-31(39)26(21-24-15-9-7-10-16-24)23-43(41,42)36(4)20-19-33-3/h1-2,7,9-10,15-16,25-30,33,37-38H,8,11-14,17-23H2,3-4H3,(H,34,39)(H,35,40)/t26-,27+,28+,29+,30-/m1/s1. The minimum Gasteiger partial charge on any atom is -0.389 e. The van der Waals surface area contributed by atoms with Crippen molar-refractivity contribution in [1.82, 2.24) is 20.3 Å². The van der Waals surface area contributed by atoms with Gasteiger partial charge in [0.2, 0.25) is 21.8 Å². The molecular weight excluding hydrogens is 568 g/mol. The summed E-state index contributed by atoms with van der Waals surface area (Å²) in [5.41, 5.74) is 0.770. The predicted octanol–water partition coefficient (Wildman–Crippen LogP) is 1.03. The summed E-state index contributed by atoms with van der Waals surface area (Å²) in [6.07, 6.45) is 13.8. The minimum atomic E-state index is -3.81. The van der Waals surface area contributed by atoms with Gasteiger partial charge >= 0.3 is 0 Å². The Balaban J connectivity index is 2.25. The lowest BCUT2D eigenvalue weighted by molar-refractivity contribution is -0.132. The van der Waals surface area contributed by atoms with E-state index < -0.39 is 57.8 Å². The summed E-state index contributed by atoms with van der Waals surface area (Å²) in [5.74, 6) is 2.30. The molecule has 1 saturated carbocycles. The Labute approximate surface area is 257 Å². The van der Waals surface area contributed by atoms with Gasteiger partial charge in [0.05, 0.1) is 23.8 Å². The third-order valence-electron chi connectivity index (χ3n) is 7.99. The van der Waals surface area contributed by atoms with Gasteiger partial charge in [0.25, 0.3) is 0 Å². The van der Waals surface area contributed by atoms with E-state index in [-0.39, 0.29) is 31.7 Å². The Morgan fingerprint density at radius 1 is 1.02 bits per heavy atom. The number of carbonyl (C=O) groups excluding carboxylic acids is 2. The van der Waals surface area contributed by atoms with Crippen LogP contribution in [0.15, 0.2) is 30.3 Å². The van der Waals surface area contributed by atoms with Gasteiger partial charge in [-0.25, -0.2) is 12.7 Å². The van der Waals surface area contributed by atoms with Crippen molar-refractivity contribution in [2.75, 3.05) is 32.9 Å². The summed E-state index contributed by atoms with van der Waals surface area (Å²) >= 11 is 0. The van der Waals surface area contributed by atoms with Gasteiger partial charge in [0.1, 0.15) is 12.1 Å². The molecule has 0 bridgehead atoms. The van der Waals surface area contributed by atoms with E-state index >= 15 is 0 Å². The van der Waals surface area contributed by atoms with Crippen molar-refractivity contribution in [3.05, 3.63) is 35.9 Å². The summed E-state index contributed by atoms with van der Waals surface area (Å²) in [4.78, 5) is 27.1. The first kappa shape index (κ1) is 36.3. The molecule has 5 N–H and O–H groups in total. The lowest BCUT2D eigenvalue weighted by Gasteiger charge is -2.33. The number of likely N-dealkylation sites (N-methyl/N-ethyl adjacent to an activating group) is 2. The zero-order valence-electron chi connectivity index (χ0n) is 25.4. The number of nitrogens with zero attached hydrogens (tertiary/aromatic N) is 1. The number of benzene rings is 1. The topological polar surface area (TPSA) is 148 Å². The average Bonchev–Trinajstić information content (AvgIpc) is 2.99. The zero-order chi connectivity index (χ0) is 31.8. The maximum atomic E-state index is 13.6. The molecule has 1 aliphatic rings. The molecule has 0 aromatic heterocycles. The molecule has 0 unspecified atom stereocenters. The third-order valence-corrected chi connectivity index (χ3v) is 9.94. The number of aliphatic hydroxyl groups excluding tert-OH is 2. The fourth-order valence-electron chi connectivity index (χ4n) is 5.39. The Bertz CT molecular complexity index is 1190. The van der Waals surface area contributed by atoms with Crippen LogP contribution in [0.25, 0.3) is 0 Å². The summed E-state index contributed by atoms with van der Waals surface area (Å²) in [6.45, 7) is 0.677. The Hall–Kier alpha value is -2.93.